The third-order valence-electron chi connectivity index (χ3n) is 12.1. The van der Waals surface area contributed by atoms with Crippen molar-refractivity contribution >= 4 is 52.3 Å². The van der Waals surface area contributed by atoms with Crippen molar-refractivity contribution in [3.05, 3.63) is 135 Å². The number of thiophene rings is 1. The number of aromatic nitrogens is 3. The van der Waals surface area contributed by atoms with E-state index < -0.39 is 53.9 Å². The number of nitrogens with zero attached hydrogens (tertiary/aromatic N) is 4. The Bertz CT molecular complexity index is 2600. The lowest BCUT2D eigenvalue weighted by Gasteiger charge is -2.44. The molecule has 1 aliphatic rings. The maximum atomic E-state index is 14.8. The number of benzene rings is 3. The molecule has 326 valence electrons. The van der Waals surface area contributed by atoms with Crippen LogP contribution in [0.5, 0.6) is 0 Å². The molecule has 3 aromatic carbocycles. The molecule has 1 saturated heterocycles. The van der Waals surface area contributed by atoms with Gasteiger partial charge < -0.3 is 23.6 Å². The summed E-state index contributed by atoms with van der Waals surface area (Å²) in [5, 5.41) is 1.73. The second kappa shape index (κ2) is 17.3. The van der Waals surface area contributed by atoms with E-state index in [1.807, 2.05) is 91.0 Å². The standard InChI is InChI=1S/C48H56N4O8SSi/c1-32-38-41(53)52(48(7,8)43(54)60-46(2,3)4)44(55)51(42(38)61-39(32)40-49-26-29-58-40)31-37(34-18-12-9-13-19-34)59-45(56)50-27-24-33(25-28-50)30-47(5,6)62(57,35-20-14-10-15-21-35)36-22-16-11-17-23-36/h9-23,26,29,33,37,57H,24-25,27-28,30-31H2,1-8H3/t37-/m0/s1. The molecule has 0 bridgehead atoms. The fourth-order valence-electron chi connectivity index (χ4n) is 8.77. The SMILES string of the molecule is Cc1c(-c2ncco2)sc2c1c(=O)n(C(C)(C)C(=O)OC(C)(C)C)c(=O)n2C[C@H](OC(=O)N1CCC(CC(C)(C)[Si](O)(c2ccccc2)c2ccccc2)CC1)c1ccccc1. The van der Waals surface area contributed by atoms with Gasteiger partial charge in [-0.15, -0.1) is 11.3 Å². The molecule has 0 aliphatic carbocycles. The van der Waals surface area contributed by atoms with E-state index >= 15 is 0 Å². The van der Waals surface area contributed by atoms with Crippen LogP contribution in [0.3, 0.4) is 0 Å². The van der Waals surface area contributed by atoms with Crippen LogP contribution in [0.4, 0.5) is 4.79 Å². The molecular weight excluding hydrogens is 821 g/mol. The predicted octanol–water partition coefficient (Wildman–Crippen LogP) is 7.78. The van der Waals surface area contributed by atoms with Crippen molar-refractivity contribution in [1.29, 1.82) is 0 Å². The molecule has 1 amide bonds. The maximum Gasteiger partial charge on any atom is 0.410 e. The van der Waals surface area contributed by atoms with Crippen molar-refractivity contribution in [2.24, 2.45) is 5.92 Å². The van der Waals surface area contributed by atoms with E-state index in [1.54, 1.807) is 32.6 Å². The van der Waals surface area contributed by atoms with Crippen molar-refractivity contribution in [1.82, 2.24) is 19.0 Å². The highest BCUT2D eigenvalue weighted by Gasteiger charge is 2.51. The van der Waals surface area contributed by atoms with Gasteiger partial charge in [0.25, 0.3) is 13.9 Å². The van der Waals surface area contributed by atoms with Crippen LogP contribution in [0.1, 0.15) is 85.0 Å². The van der Waals surface area contributed by atoms with Gasteiger partial charge in [-0.25, -0.2) is 23.9 Å². The molecular formula is C48H56N4O8SSi. The van der Waals surface area contributed by atoms with E-state index in [1.165, 1.54) is 42.2 Å². The van der Waals surface area contributed by atoms with E-state index in [0.717, 1.165) is 34.2 Å². The average Bonchev–Trinajstić information content (AvgIpc) is 3.90. The molecule has 6 aromatic rings. The smallest absolute Gasteiger partial charge is 0.410 e. The second-order valence-electron chi connectivity index (χ2n) is 18.4. The zero-order valence-electron chi connectivity index (χ0n) is 36.7. The van der Waals surface area contributed by atoms with Crippen molar-refractivity contribution in [2.45, 2.75) is 103 Å². The normalized spacial score (nSPS) is 14.8. The highest BCUT2D eigenvalue weighted by atomic mass is 32.1. The number of likely N-dealkylation sites (tertiary alicyclic amines) is 1. The minimum atomic E-state index is -3.22. The Morgan fingerprint density at radius 3 is 1.98 bits per heavy atom. The molecule has 1 aliphatic heterocycles. The molecule has 12 nitrogen and oxygen atoms in total. The topological polar surface area (TPSA) is 146 Å². The monoisotopic (exact) mass is 876 g/mol. The van der Waals surface area contributed by atoms with Gasteiger partial charge in [-0.3, -0.25) is 9.36 Å². The lowest BCUT2D eigenvalue weighted by molar-refractivity contribution is -0.164. The molecule has 4 heterocycles. The number of aryl methyl sites for hydroxylation is 1. The molecule has 1 N–H and O–H groups in total. The lowest BCUT2D eigenvalue weighted by Crippen LogP contribution is -2.65. The molecule has 0 unspecified atom stereocenters. The van der Waals surface area contributed by atoms with Gasteiger partial charge in [-0.05, 0) is 93.3 Å². The van der Waals surface area contributed by atoms with Crippen LogP contribution in [0.15, 0.2) is 117 Å². The number of ether oxygens (including phenoxy) is 2. The first kappa shape index (κ1) is 44.5. The van der Waals surface area contributed by atoms with Gasteiger partial charge in [0.2, 0.25) is 5.89 Å². The number of oxazole rings is 1. The fourth-order valence-corrected chi connectivity index (χ4v) is 13.8. The van der Waals surface area contributed by atoms with Crippen LogP contribution in [-0.4, -0.2) is 62.9 Å². The van der Waals surface area contributed by atoms with E-state index in [2.05, 4.69) is 18.8 Å². The molecule has 0 radical (unpaired) electrons. The van der Waals surface area contributed by atoms with Crippen LogP contribution in [0, 0.1) is 12.8 Å². The lowest BCUT2D eigenvalue weighted by atomic mass is 9.88. The molecule has 0 spiro atoms. The van der Waals surface area contributed by atoms with Crippen LogP contribution in [0.25, 0.3) is 21.0 Å². The average molecular weight is 877 g/mol. The summed E-state index contributed by atoms with van der Waals surface area (Å²) in [5.41, 5.74) is -2.83. The summed E-state index contributed by atoms with van der Waals surface area (Å²) in [4.78, 5) is 76.9. The van der Waals surface area contributed by atoms with Crippen molar-refractivity contribution in [2.75, 3.05) is 13.1 Å². The third-order valence-corrected chi connectivity index (χ3v) is 17.9. The number of carbonyl (C=O) groups is 2. The number of amides is 1. The highest BCUT2D eigenvalue weighted by molar-refractivity contribution is 7.22. The summed E-state index contributed by atoms with van der Waals surface area (Å²) in [5.74, 6) is -0.211. The van der Waals surface area contributed by atoms with Crippen molar-refractivity contribution in [3.8, 4) is 10.8 Å². The number of hydrogen-bond donors (Lipinski definition) is 1. The molecule has 7 rings (SSSR count). The predicted molar refractivity (Wildman–Crippen MR) is 244 cm³/mol. The van der Waals surface area contributed by atoms with Gasteiger partial charge in [-0.1, -0.05) is 105 Å². The van der Waals surface area contributed by atoms with E-state index in [-0.39, 0.29) is 23.7 Å². The molecule has 1 fully saturated rings. The first-order valence-electron chi connectivity index (χ1n) is 21.1. The van der Waals surface area contributed by atoms with Gasteiger partial charge in [-0.2, -0.15) is 0 Å². The third kappa shape index (κ3) is 8.60. The summed E-state index contributed by atoms with van der Waals surface area (Å²) in [7, 11) is -3.22. The van der Waals surface area contributed by atoms with Crippen LogP contribution in [-0.2, 0) is 26.4 Å². The minimum absolute atomic E-state index is 0.159. The fraction of sp³-hybridized carbons (Fsp3) is 0.396. The van der Waals surface area contributed by atoms with Crippen LogP contribution < -0.4 is 21.6 Å². The minimum Gasteiger partial charge on any atom is -0.458 e. The van der Waals surface area contributed by atoms with Gasteiger partial charge in [0.05, 0.1) is 23.0 Å². The number of carbonyl (C=O) groups excluding carboxylic acids is 2. The summed E-state index contributed by atoms with van der Waals surface area (Å²) >= 11 is 1.17. The Morgan fingerprint density at radius 2 is 1.45 bits per heavy atom. The first-order valence-corrected chi connectivity index (χ1v) is 23.9. The number of piperidine rings is 1. The van der Waals surface area contributed by atoms with Gasteiger partial charge in [0, 0.05) is 13.1 Å². The Labute approximate surface area is 366 Å². The van der Waals surface area contributed by atoms with Gasteiger partial charge >= 0.3 is 17.8 Å². The number of hydrogen-bond acceptors (Lipinski definition) is 10. The summed E-state index contributed by atoms with van der Waals surface area (Å²) in [6.45, 7) is 15.0. The molecule has 3 aromatic heterocycles. The largest absolute Gasteiger partial charge is 0.458 e. The second-order valence-corrected chi connectivity index (χ2v) is 23.3. The van der Waals surface area contributed by atoms with Gasteiger partial charge in [0.15, 0.2) is 0 Å². The van der Waals surface area contributed by atoms with E-state index in [0.29, 0.717) is 33.9 Å². The van der Waals surface area contributed by atoms with Crippen molar-refractivity contribution in [3.63, 3.8) is 0 Å². The number of rotatable bonds is 12. The molecule has 0 saturated carbocycles. The maximum absolute atomic E-state index is 14.8. The van der Waals surface area contributed by atoms with E-state index in [9.17, 15) is 24.0 Å². The summed E-state index contributed by atoms with van der Waals surface area (Å²) < 4.78 is 20.1. The molecule has 1 atom stereocenters. The summed E-state index contributed by atoms with van der Waals surface area (Å²) in [6, 6.07) is 29.2. The Kier molecular flexibility index (Phi) is 12.4. The van der Waals surface area contributed by atoms with Crippen LogP contribution >= 0.6 is 11.3 Å². The van der Waals surface area contributed by atoms with Gasteiger partial charge in [0.1, 0.15) is 28.3 Å². The summed E-state index contributed by atoms with van der Waals surface area (Å²) in [6.07, 6.45) is 3.69. The van der Waals surface area contributed by atoms with Crippen molar-refractivity contribution < 1.29 is 28.3 Å². The van der Waals surface area contributed by atoms with E-state index in [4.69, 9.17) is 13.9 Å². The first-order chi connectivity index (χ1) is 29.3. The Balaban J connectivity index is 1.18. The number of esters is 1. The molecule has 62 heavy (non-hydrogen) atoms. The van der Waals surface area contributed by atoms with Crippen LogP contribution in [0.2, 0.25) is 5.04 Å². The molecule has 14 heteroatoms. The Hall–Kier alpha value is -5.57. The number of fused-ring (bicyclic) bond motifs is 1. The quantitative estimate of drug-likeness (QED) is 0.0963. The zero-order chi connectivity index (χ0) is 44.6. The highest BCUT2D eigenvalue weighted by Crippen LogP contribution is 2.44. The zero-order valence-corrected chi connectivity index (χ0v) is 38.5. The Morgan fingerprint density at radius 1 is 0.887 bits per heavy atom.